The zero-order valence-corrected chi connectivity index (χ0v) is 21.2. The number of piperidine rings is 1. The molecule has 8 nitrogen and oxygen atoms in total. The van der Waals surface area contributed by atoms with E-state index >= 15 is 0 Å². The minimum atomic E-state index is -0.711. The van der Waals surface area contributed by atoms with Crippen molar-refractivity contribution in [1.82, 2.24) is 20.5 Å². The van der Waals surface area contributed by atoms with Gasteiger partial charge in [-0.1, -0.05) is 24.6 Å². The van der Waals surface area contributed by atoms with Gasteiger partial charge >= 0.3 is 0 Å². The fourth-order valence-corrected chi connectivity index (χ4v) is 5.66. The fraction of sp³-hybridized carbons (Fsp3) is 0.300. The number of hydrogen-bond acceptors (Lipinski definition) is 5. The van der Waals surface area contributed by atoms with Crippen LogP contribution in [0.3, 0.4) is 0 Å². The molecule has 0 spiro atoms. The molecular weight excluding hydrogens is 499 g/mol. The van der Waals surface area contributed by atoms with Gasteiger partial charge in [0, 0.05) is 35.9 Å². The third-order valence-corrected chi connectivity index (χ3v) is 7.98. The maximum Gasteiger partial charge on any atom is 0.255 e. The van der Waals surface area contributed by atoms with Crippen molar-refractivity contribution in [2.24, 2.45) is 5.92 Å². The molecule has 2 atom stereocenters. The first-order valence-electron chi connectivity index (χ1n) is 13.2. The second-order valence-corrected chi connectivity index (χ2v) is 10.4. The summed E-state index contributed by atoms with van der Waals surface area (Å²) in [6.45, 7) is 0.197. The van der Waals surface area contributed by atoms with Gasteiger partial charge in [0.15, 0.2) is 0 Å². The van der Waals surface area contributed by atoms with E-state index in [4.69, 9.17) is 0 Å². The topological polar surface area (TPSA) is 108 Å². The number of imide groups is 1. The summed E-state index contributed by atoms with van der Waals surface area (Å²) >= 11 is 0. The highest BCUT2D eigenvalue weighted by Gasteiger charge is 2.39. The number of carbonyl (C=O) groups excluding carboxylic acids is 4. The largest absolute Gasteiger partial charge is 0.343 e. The van der Waals surface area contributed by atoms with Gasteiger partial charge in [0.1, 0.15) is 11.9 Å². The molecule has 6 rings (SSSR count). The number of rotatable bonds is 6. The van der Waals surface area contributed by atoms with Crippen LogP contribution in [-0.4, -0.2) is 39.6 Å². The molecule has 1 aliphatic carbocycles. The van der Waals surface area contributed by atoms with E-state index in [0.29, 0.717) is 16.7 Å². The molecule has 9 heteroatoms. The summed E-state index contributed by atoms with van der Waals surface area (Å²) in [7, 11) is 0. The predicted molar refractivity (Wildman–Crippen MR) is 140 cm³/mol. The second-order valence-electron chi connectivity index (χ2n) is 10.4. The lowest BCUT2D eigenvalue weighted by molar-refractivity contribution is -0.136. The monoisotopic (exact) mass is 526 g/mol. The van der Waals surface area contributed by atoms with Crippen molar-refractivity contribution in [2.45, 2.75) is 50.7 Å². The third kappa shape index (κ3) is 4.69. The van der Waals surface area contributed by atoms with Crippen molar-refractivity contribution in [3.8, 4) is 11.1 Å². The molecule has 0 radical (unpaired) electrons. The molecular formula is C30H27FN4O4. The molecule has 1 saturated heterocycles. The summed E-state index contributed by atoms with van der Waals surface area (Å²) < 4.78 is 13.6. The molecule has 3 aromatic rings. The number of amides is 4. The van der Waals surface area contributed by atoms with E-state index in [0.717, 1.165) is 36.1 Å². The Labute approximate surface area is 224 Å². The summed E-state index contributed by atoms with van der Waals surface area (Å²) in [6.07, 6.45) is 5.16. The third-order valence-electron chi connectivity index (χ3n) is 7.98. The van der Waals surface area contributed by atoms with Crippen LogP contribution in [0.1, 0.15) is 70.1 Å². The molecule has 1 aromatic heterocycles. The zero-order chi connectivity index (χ0) is 27.1. The standard InChI is InChI=1S/C30H27FN4O4/c31-21-9-6-17(7-10-21)22-5-2-14-32-27(22)26(18-3-1-4-18)34-28(37)19-8-11-23-20(15-19)16-35(30(23)39)24-12-13-25(36)33-29(24)38/h2,5-11,14-15,18,24,26H,1,3-4,12-13,16H2,(H,34,37)(H,33,36,38)/t24?,26-/m0/s1. The van der Waals surface area contributed by atoms with E-state index < -0.39 is 11.9 Å². The van der Waals surface area contributed by atoms with Gasteiger partial charge in [0.2, 0.25) is 11.8 Å². The molecule has 2 N–H and O–H groups in total. The van der Waals surface area contributed by atoms with Crippen molar-refractivity contribution in [3.05, 3.63) is 89.0 Å². The van der Waals surface area contributed by atoms with Crippen LogP contribution in [0.4, 0.5) is 4.39 Å². The summed E-state index contributed by atoms with van der Waals surface area (Å²) in [6, 6.07) is 13.9. The van der Waals surface area contributed by atoms with Crippen molar-refractivity contribution >= 4 is 23.6 Å². The summed E-state index contributed by atoms with van der Waals surface area (Å²) in [5, 5.41) is 5.49. The Hall–Kier alpha value is -4.40. The quantitative estimate of drug-likeness (QED) is 0.474. The highest BCUT2D eigenvalue weighted by atomic mass is 19.1. The minimum Gasteiger partial charge on any atom is -0.343 e. The van der Waals surface area contributed by atoms with Gasteiger partial charge in [-0.2, -0.15) is 0 Å². The van der Waals surface area contributed by atoms with Crippen molar-refractivity contribution < 1.29 is 23.6 Å². The van der Waals surface area contributed by atoms with E-state index in [-0.39, 0.29) is 54.9 Å². The number of carbonyl (C=O) groups is 4. The van der Waals surface area contributed by atoms with Gasteiger partial charge in [0.05, 0.1) is 11.7 Å². The molecule has 1 unspecified atom stereocenters. The Morgan fingerprint density at radius 3 is 2.54 bits per heavy atom. The SMILES string of the molecule is O=C1CCC(N2Cc3cc(C(=O)N[C@H](c4ncccc4-c4ccc(F)cc4)C4CCC4)ccc3C2=O)C(=O)N1. The average molecular weight is 527 g/mol. The number of nitrogens with one attached hydrogen (secondary N) is 2. The van der Waals surface area contributed by atoms with Gasteiger partial charge in [0.25, 0.3) is 11.8 Å². The number of benzene rings is 2. The number of halogens is 1. The van der Waals surface area contributed by atoms with Gasteiger partial charge in [-0.05, 0) is 72.7 Å². The van der Waals surface area contributed by atoms with E-state index in [2.05, 4.69) is 15.6 Å². The highest BCUT2D eigenvalue weighted by molar-refractivity contribution is 6.06. The lowest BCUT2D eigenvalue weighted by Crippen LogP contribution is -2.52. The Bertz CT molecular complexity index is 1480. The van der Waals surface area contributed by atoms with Crippen molar-refractivity contribution in [3.63, 3.8) is 0 Å². The van der Waals surface area contributed by atoms with Gasteiger partial charge < -0.3 is 10.2 Å². The van der Waals surface area contributed by atoms with E-state index in [1.165, 1.54) is 17.0 Å². The van der Waals surface area contributed by atoms with E-state index in [1.54, 1.807) is 36.5 Å². The number of hydrogen-bond donors (Lipinski definition) is 2. The first-order valence-corrected chi connectivity index (χ1v) is 13.2. The molecule has 3 heterocycles. The Kier molecular flexibility index (Phi) is 6.42. The maximum atomic E-state index is 13.6. The van der Waals surface area contributed by atoms with Gasteiger partial charge in [-0.3, -0.25) is 29.5 Å². The number of nitrogens with zero attached hydrogens (tertiary/aromatic N) is 2. The molecule has 39 heavy (non-hydrogen) atoms. The molecule has 3 aliphatic rings. The lowest BCUT2D eigenvalue weighted by atomic mass is 9.77. The summed E-state index contributed by atoms with van der Waals surface area (Å²) in [4.78, 5) is 56.6. The number of aromatic nitrogens is 1. The molecule has 4 amide bonds. The van der Waals surface area contributed by atoms with E-state index in [1.807, 2.05) is 12.1 Å². The van der Waals surface area contributed by atoms with Crippen LogP contribution < -0.4 is 10.6 Å². The highest BCUT2D eigenvalue weighted by Crippen LogP contribution is 2.40. The summed E-state index contributed by atoms with van der Waals surface area (Å²) in [5.41, 5.74) is 3.94. The molecule has 2 aliphatic heterocycles. The zero-order valence-electron chi connectivity index (χ0n) is 21.2. The van der Waals surface area contributed by atoms with Crippen molar-refractivity contribution in [1.29, 1.82) is 0 Å². The second kappa shape index (κ2) is 10.1. The van der Waals surface area contributed by atoms with Gasteiger partial charge in [-0.25, -0.2) is 4.39 Å². The van der Waals surface area contributed by atoms with Crippen LogP contribution in [0.15, 0.2) is 60.8 Å². The van der Waals surface area contributed by atoms with Crippen LogP contribution in [-0.2, 0) is 16.1 Å². The lowest BCUT2D eigenvalue weighted by Gasteiger charge is -2.35. The Morgan fingerprint density at radius 2 is 1.82 bits per heavy atom. The first-order chi connectivity index (χ1) is 18.9. The minimum absolute atomic E-state index is 0.181. The number of fused-ring (bicyclic) bond motifs is 1. The smallest absolute Gasteiger partial charge is 0.255 e. The first kappa shape index (κ1) is 24.9. The molecule has 2 aromatic carbocycles. The maximum absolute atomic E-state index is 13.6. The summed E-state index contributed by atoms with van der Waals surface area (Å²) in [5.74, 6) is -1.47. The van der Waals surface area contributed by atoms with E-state index in [9.17, 15) is 23.6 Å². The van der Waals surface area contributed by atoms with Gasteiger partial charge in [-0.15, -0.1) is 0 Å². The Morgan fingerprint density at radius 1 is 1.03 bits per heavy atom. The van der Waals surface area contributed by atoms with Crippen LogP contribution >= 0.6 is 0 Å². The fourth-order valence-electron chi connectivity index (χ4n) is 5.66. The van der Waals surface area contributed by atoms with Crippen molar-refractivity contribution in [2.75, 3.05) is 0 Å². The average Bonchev–Trinajstić information content (AvgIpc) is 3.23. The molecule has 198 valence electrons. The number of pyridine rings is 1. The predicted octanol–water partition coefficient (Wildman–Crippen LogP) is 3.92. The van der Waals surface area contributed by atoms with Crippen LogP contribution in [0, 0.1) is 11.7 Å². The normalized spacial score (nSPS) is 19.8. The van der Waals surface area contributed by atoms with Crippen LogP contribution in [0.5, 0.6) is 0 Å². The molecule has 1 saturated carbocycles. The molecule has 2 fully saturated rings. The molecule has 0 bridgehead atoms. The van der Waals surface area contributed by atoms with Crippen LogP contribution in [0.2, 0.25) is 0 Å². The Balaban J connectivity index is 1.25. The van der Waals surface area contributed by atoms with Crippen LogP contribution in [0.25, 0.3) is 11.1 Å².